The summed E-state index contributed by atoms with van der Waals surface area (Å²) in [5, 5.41) is 6.86. The summed E-state index contributed by atoms with van der Waals surface area (Å²) < 4.78 is 18.9. The summed E-state index contributed by atoms with van der Waals surface area (Å²) in [5.74, 6) is 0.749. The van der Waals surface area contributed by atoms with Gasteiger partial charge in [-0.05, 0) is 68.1 Å². The smallest absolute Gasteiger partial charge is 0.154 e. The number of halogens is 1. The van der Waals surface area contributed by atoms with Gasteiger partial charge in [-0.25, -0.2) is 4.39 Å². The Morgan fingerprint density at radius 2 is 1.96 bits per heavy atom. The minimum atomic E-state index is -0.258. The molecule has 0 bridgehead atoms. The Hall–Kier alpha value is -2.95. The number of aryl methyl sites for hydroxylation is 1. The number of hydrogen-bond acceptors (Lipinski definition) is 4. The zero-order valence-electron chi connectivity index (χ0n) is 16.3. The van der Waals surface area contributed by atoms with Crippen molar-refractivity contribution in [2.75, 3.05) is 7.11 Å². The molecule has 2 aromatic carbocycles. The third-order valence-corrected chi connectivity index (χ3v) is 5.51. The van der Waals surface area contributed by atoms with Crippen LogP contribution in [-0.2, 0) is 11.2 Å². The second kappa shape index (κ2) is 7.23. The number of fused-ring (bicyclic) bond motifs is 3. The quantitative estimate of drug-likeness (QED) is 0.727. The maximum atomic E-state index is 13.5. The molecule has 0 saturated carbocycles. The van der Waals surface area contributed by atoms with E-state index >= 15 is 0 Å². The SMILES string of the molecule is COc1ccc2c(c1)CC[C@H]1C2=NN(/C(C)=C\C(C)=O)[C@H]1c1ccc(F)cc1. The van der Waals surface area contributed by atoms with Gasteiger partial charge in [0, 0.05) is 23.3 Å². The lowest BCUT2D eigenvalue weighted by Crippen LogP contribution is -2.28. The maximum Gasteiger partial charge on any atom is 0.154 e. The molecule has 2 aromatic rings. The van der Waals surface area contributed by atoms with Crippen molar-refractivity contribution in [3.63, 3.8) is 0 Å². The van der Waals surface area contributed by atoms with Crippen LogP contribution in [0.25, 0.3) is 0 Å². The second-order valence-corrected chi connectivity index (χ2v) is 7.39. The van der Waals surface area contributed by atoms with Gasteiger partial charge < -0.3 is 4.74 Å². The first-order valence-corrected chi connectivity index (χ1v) is 9.47. The molecule has 0 fully saturated rings. The molecule has 4 rings (SSSR count). The van der Waals surface area contributed by atoms with E-state index in [1.54, 1.807) is 13.2 Å². The number of hydrazone groups is 1. The van der Waals surface area contributed by atoms with Crippen LogP contribution in [0.2, 0.25) is 0 Å². The molecule has 0 unspecified atom stereocenters. The fraction of sp³-hybridized carbons (Fsp3) is 0.304. The Balaban J connectivity index is 1.81. The molecule has 4 nitrogen and oxygen atoms in total. The molecule has 144 valence electrons. The van der Waals surface area contributed by atoms with Crippen LogP contribution in [0.1, 0.15) is 43.0 Å². The summed E-state index contributed by atoms with van der Waals surface area (Å²) in [6, 6.07) is 12.6. The lowest BCUT2D eigenvalue weighted by molar-refractivity contribution is -0.112. The number of nitrogens with zero attached hydrogens (tertiary/aromatic N) is 2. The van der Waals surface area contributed by atoms with Crippen LogP contribution in [0.5, 0.6) is 5.75 Å². The van der Waals surface area contributed by atoms with Crippen molar-refractivity contribution in [1.29, 1.82) is 0 Å². The molecule has 0 spiro atoms. The fourth-order valence-electron chi connectivity index (χ4n) is 4.28. The third kappa shape index (κ3) is 3.21. The van der Waals surface area contributed by atoms with Crippen molar-refractivity contribution >= 4 is 11.5 Å². The summed E-state index contributed by atoms with van der Waals surface area (Å²) in [5.41, 5.74) is 5.16. The zero-order chi connectivity index (χ0) is 19.8. The summed E-state index contributed by atoms with van der Waals surface area (Å²) in [7, 11) is 1.67. The molecule has 0 saturated heterocycles. The van der Waals surface area contributed by atoms with E-state index in [2.05, 4.69) is 12.1 Å². The molecule has 1 aliphatic carbocycles. The topological polar surface area (TPSA) is 41.9 Å². The molecule has 0 amide bonds. The Bertz CT molecular complexity index is 979. The molecule has 1 heterocycles. The first-order valence-electron chi connectivity index (χ1n) is 9.47. The molecule has 28 heavy (non-hydrogen) atoms. The Labute approximate surface area is 164 Å². The highest BCUT2D eigenvalue weighted by atomic mass is 19.1. The molecular formula is C23H23FN2O2. The second-order valence-electron chi connectivity index (χ2n) is 7.39. The molecule has 0 radical (unpaired) electrons. The van der Waals surface area contributed by atoms with Crippen molar-refractivity contribution in [2.45, 2.75) is 32.7 Å². The van der Waals surface area contributed by atoms with Gasteiger partial charge in [0.1, 0.15) is 11.6 Å². The highest BCUT2D eigenvalue weighted by molar-refractivity contribution is 6.06. The van der Waals surface area contributed by atoms with Gasteiger partial charge in [0.15, 0.2) is 5.78 Å². The number of methoxy groups -OCH3 is 1. The molecular weight excluding hydrogens is 355 g/mol. The van der Waals surface area contributed by atoms with Crippen molar-refractivity contribution in [1.82, 2.24) is 5.01 Å². The summed E-state index contributed by atoms with van der Waals surface area (Å²) >= 11 is 0. The highest BCUT2D eigenvalue weighted by Crippen LogP contribution is 2.45. The van der Waals surface area contributed by atoms with E-state index in [0.29, 0.717) is 0 Å². The van der Waals surface area contributed by atoms with Gasteiger partial charge in [0.25, 0.3) is 0 Å². The maximum absolute atomic E-state index is 13.5. The van der Waals surface area contributed by atoms with Gasteiger partial charge in [-0.2, -0.15) is 5.10 Å². The largest absolute Gasteiger partial charge is 0.497 e. The molecule has 2 atom stereocenters. The van der Waals surface area contributed by atoms with Crippen LogP contribution in [-0.4, -0.2) is 23.6 Å². The van der Waals surface area contributed by atoms with E-state index in [1.807, 2.05) is 30.1 Å². The summed E-state index contributed by atoms with van der Waals surface area (Å²) in [6.07, 6.45) is 3.47. The van der Waals surface area contributed by atoms with Crippen LogP contribution in [0.15, 0.2) is 59.3 Å². The minimum Gasteiger partial charge on any atom is -0.497 e. The zero-order valence-corrected chi connectivity index (χ0v) is 16.3. The van der Waals surface area contributed by atoms with Gasteiger partial charge >= 0.3 is 0 Å². The van der Waals surface area contributed by atoms with Gasteiger partial charge in [-0.15, -0.1) is 0 Å². The van der Waals surface area contributed by atoms with Crippen LogP contribution in [0, 0.1) is 11.7 Å². The van der Waals surface area contributed by atoms with E-state index in [-0.39, 0.29) is 23.6 Å². The summed E-state index contributed by atoms with van der Waals surface area (Å²) in [4.78, 5) is 11.7. The Morgan fingerprint density at radius 1 is 1.21 bits per heavy atom. The molecule has 5 heteroatoms. The van der Waals surface area contributed by atoms with Crippen LogP contribution in [0.3, 0.4) is 0 Å². The summed E-state index contributed by atoms with van der Waals surface area (Å²) in [6.45, 7) is 3.43. The number of hydrogen-bond donors (Lipinski definition) is 0. The fourth-order valence-corrected chi connectivity index (χ4v) is 4.28. The van der Waals surface area contributed by atoms with Crippen molar-refractivity contribution in [2.24, 2.45) is 11.0 Å². The standard InChI is InChI=1S/C23H23FN2O2/c1-14(12-15(2)27)26-23(16-4-7-18(24)8-5-16)21-10-6-17-13-19(28-3)9-11-20(17)22(21)25-26/h4-5,7-9,11-13,21,23H,6,10H2,1-3H3/b14-12-/t21-,23-/m0/s1. The number of allylic oxidation sites excluding steroid dienone is 2. The van der Waals surface area contributed by atoms with E-state index in [0.717, 1.165) is 41.1 Å². The molecule has 2 aliphatic rings. The first kappa shape index (κ1) is 18.4. The number of rotatable bonds is 4. The van der Waals surface area contributed by atoms with Gasteiger partial charge in [0.2, 0.25) is 0 Å². The normalized spacial score (nSPS) is 21.1. The highest BCUT2D eigenvalue weighted by Gasteiger charge is 2.42. The molecule has 0 aromatic heterocycles. The number of ketones is 1. The Morgan fingerprint density at radius 3 is 2.64 bits per heavy atom. The van der Waals surface area contributed by atoms with Crippen molar-refractivity contribution in [3.05, 3.63) is 76.7 Å². The van der Waals surface area contributed by atoms with E-state index in [1.165, 1.54) is 24.6 Å². The van der Waals surface area contributed by atoms with Crippen LogP contribution in [0.4, 0.5) is 4.39 Å². The average Bonchev–Trinajstić information content (AvgIpc) is 3.07. The molecule has 1 aliphatic heterocycles. The van der Waals surface area contributed by atoms with E-state index < -0.39 is 0 Å². The lowest BCUT2D eigenvalue weighted by Gasteiger charge is -2.31. The molecule has 0 N–H and O–H groups in total. The van der Waals surface area contributed by atoms with Crippen LogP contribution < -0.4 is 4.74 Å². The number of carbonyl (C=O) groups is 1. The van der Waals surface area contributed by atoms with Crippen molar-refractivity contribution in [3.8, 4) is 5.75 Å². The lowest BCUT2D eigenvalue weighted by atomic mass is 9.77. The third-order valence-electron chi connectivity index (χ3n) is 5.51. The minimum absolute atomic E-state index is 0.0180. The first-order chi connectivity index (χ1) is 13.5. The number of ether oxygens (including phenoxy) is 1. The Kier molecular flexibility index (Phi) is 4.75. The van der Waals surface area contributed by atoms with Gasteiger partial charge in [-0.3, -0.25) is 9.80 Å². The van der Waals surface area contributed by atoms with Crippen molar-refractivity contribution < 1.29 is 13.9 Å². The number of benzene rings is 2. The van der Waals surface area contributed by atoms with Gasteiger partial charge in [0.05, 0.1) is 18.9 Å². The predicted molar refractivity (Wildman–Crippen MR) is 107 cm³/mol. The van der Waals surface area contributed by atoms with E-state index in [4.69, 9.17) is 9.84 Å². The number of carbonyl (C=O) groups excluding carboxylic acids is 1. The monoisotopic (exact) mass is 378 g/mol. The van der Waals surface area contributed by atoms with Gasteiger partial charge in [-0.1, -0.05) is 12.1 Å². The average molecular weight is 378 g/mol. The predicted octanol–water partition coefficient (Wildman–Crippen LogP) is 4.65. The van der Waals surface area contributed by atoms with Crippen LogP contribution >= 0.6 is 0 Å². The van der Waals surface area contributed by atoms with E-state index in [9.17, 15) is 9.18 Å².